The molecule has 0 bridgehead atoms. The van der Waals surface area contributed by atoms with Gasteiger partial charge in [0, 0.05) is 6.04 Å². The largest absolute Gasteiger partial charge is 0.314 e. The van der Waals surface area contributed by atoms with Crippen molar-refractivity contribution >= 4 is 0 Å². The molecule has 0 amide bonds. The zero-order valence-electron chi connectivity index (χ0n) is 9.76. The maximum Gasteiger partial charge on any atom is 0.00958 e. The lowest BCUT2D eigenvalue weighted by atomic mass is 9.74. The second kappa shape index (κ2) is 4.65. The van der Waals surface area contributed by atoms with Crippen molar-refractivity contribution in [2.45, 2.75) is 58.4 Å². The Morgan fingerprint density at radius 3 is 2.21 bits per heavy atom. The van der Waals surface area contributed by atoms with Crippen LogP contribution in [-0.2, 0) is 0 Å². The van der Waals surface area contributed by atoms with Crippen molar-refractivity contribution in [3.05, 3.63) is 0 Å². The molecule has 0 aromatic rings. The molecule has 1 atom stereocenters. The highest BCUT2D eigenvalue weighted by atomic mass is 14.9. The molecule has 1 saturated heterocycles. The normalized spacial score (nSPS) is 39.2. The molecule has 2 fully saturated rings. The Labute approximate surface area is 88.7 Å². The smallest absolute Gasteiger partial charge is 0.00958 e. The number of hydrogen-bond acceptors (Lipinski definition) is 1. The molecule has 0 spiro atoms. The van der Waals surface area contributed by atoms with Crippen LogP contribution in [0.5, 0.6) is 0 Å². The number of hydrogen-bond donors (Lipinski definition) is 1. The van der Waals surface area contributed by atoms with Gasteiger partial charge in [0.2, 0.25) is 0 Å². The predicted molar refractivity (Wildman–Crippen MR) is 61.3 cm³/mol. The molecule has 82 valence electrons. The summed E-state index contributed by atoms with van der Waals surface area (Å²) in [6.45, 7) is 6.05. The lowest BCUT2D eigenvalue weighted by Gasteiger charge is -2.34. The molecule has 0 radical (unpaired) electrons. The van der Waals surface area contributed by atoms with Crippen molar-refractivity contribution < 1.29 is 0 Å². The molecule has 2 aliphatic rings. The molecular weight excluding hydrogens is 170 g/mol. The average molecular weight is 195 g/mol. The lowest BCUT2D eigenvalue weighted by Crippen LogP contribution is -2.33. The third kappa shape index (κ3) is 2.31. The second-order valence-electron chi connectivity index (χ2n) is 5.62. The molecule has 0 aromatic heterocycles. The summed E-state index contributed by atoms with van der Waals surface area (Å²) in [6, 6.07) is 0.878. The Balaban J connectivity index is 1.77. The topological polar surface area (TPSA) is 12.0 Å². The van der Waals surface area contributed by atoms with Crippen LogP contribution < -0.4 is 5.32 Å². The molecule has 1 saturated carbocycles. The van der Waals surface area contributed by atoms with E-state index in [2.05, 4.69) is 19.2 Å². The Hall–Kier alpha value is -0.0400. The molecule has 1 nitrogen and oxygen atoms in total. The van der Waals surface area contributed by atoms with E-state index in [4.69, 9.17) is 0 Å². The highest BCUT2D eigenvalue weighted by molar-refractivity contribution is 4.85. The summed E-state index contributed by atoms with van der Waals surface area (Å²) in [5.41, 5.74) is 0. The molecule has 1 aliphatic carbocycles. The Morgan fingerprint density at radius 1 is 1.00 bits per heavy atom. The van der Waals surface area contributed by atoms with Gasteiger partial charge in [0.05, 0.1) is 0 Å². The van der Waals surface area contributed by atoms with E-state index < -0.39 is 0 Å². The van der Waals surface area contributed by atoms with Crippen LogP contribution >= 0.6 is 0 Å². The first kappa shape index (κ1) is 10.5. The first-order valence-electron chi connectivity index (χ1n) is 6.50. The van der Waals surface area contributed by atoms with E-state index in [1.807, 2.05) is 0 Å². The zero-order chi connectivity index (χ0) is 9.97. The van der Waals surface area contributed by atoms with E-state index in [0.717, 1.165) is 23.8 Å². The van der Waals surface area contributed by atoms with Gasteiger partial charge in [-0.25, -0.2) is 0 Å². The summed E-state index contributed by atoms with van der Waals surface area (Å²) in [5, 5.41) is 3.67. The standard InChI is InChI=1S/C13H25N/c1-10(2)11-5-7-12(8-6-11)13-4-3-9-14-13/h10-14H,3-9H2,1-2H3. The van der Waals surface area contributed by atoms with E-state index in [0.29, 0.717) is 0 Å². The summed E-state index contributed by atoms with van der Waals surface area (Å²) in [5.74, 6) is 2.94. The Kier molecular flexibility index (Phi) is 3.48. The van der Waals surface area contributed by atoms with Crippen LogP contribution in [0.4, 0.5) is 0 Å². The summed E-state index contributed by atoms with van der Waals surface area (Å²) in [7, 11) is 0. The van der Waals surface area contributed by atoms with Crippen LogP contribution in [0.15, 0.2) is 0 Å². The van der Waals surface area contributed by atoms with Crippen molar-refractivity contribution in [2.24, 2.45) is 17.8 Å². The van der Waals surface area contributed by atoms with E-state index in [1.165, 1.54) is 45.1 Å². The van der Waals surface area contributed by atoms with Gasteiger partial charge in [-0.3, -0.25) is 0 Å². The summed E-state index contributed by atoms with van der Waals surface area (Å²) in [6.07, 6.45) is 8.80. The van der Waals surface area contributed by atoms with Gasteiger partial charge >= 0.3 is 0 Å². The van der Waals surface area contributed by atoms with Crippen molar-refractivity contribution in [3.63, 3.8) is 0 Å². The van der Waals surface area contributed by atoms with Crippen LogP contribution in [-0.4, -0.2) is 12.6 Å². The SMILES string of the molecule is CC(C)C1CCC(C2CCCN2)CC1. The Bertz CT molecular complexity index is 162. The molecule has 14 heavy (non-hydrogen) atoms. The lowest BCUT2D eigenvalue weighted by molar-refractivity contribution is 0.196. The van der Waals surface area contributed by atoms with E-state index in [-0.39, 0.29) is 0 Å². The molecule has 1 N–H and O–H groups in total. The van der Waals surface area contributed by atoms with E-state index in [9.17, 15) is 0 Å². The molecular formula is C13H25N. The zero-order valence-corrected chi connectivity index (χ0v) is 9.76. The van der Waals surface area contributed by atoms with Crippen LogP contribution in [0.3, 0.4) is 0 Å². The van der Waals surface area contributed by atoms with Crippen molar-refractivity contribution in [1.82, 2.24) is 5.32 Å². The highest BCUT2D eigenvalue weighted by Gasteiger charge is 2.29. The quantitative estimate of drug-likeness (QED) is 0.713. The monoisotopic (exact) mass is 195 g/mol. The average Bonchev–Trinajstić information content (AvgIpc) is 2.71. The van der Waals surface area contributed by atoms with Gasteiger partial charge in [-0.05, 0) is 62.8 Å². The van der Waals surface area contributed by atoms with Gasteiger partial charge in [0.15, 0.2) is 0 Å². The minimum absolute atomic E-state index is 0.878. The fraction of sp³-hybridized carbons (Fsp3) is 1.00. The summed E-state index contributed by atoms with van der Waals surface area (Å²) in [4.78, 5) is 0. The first-order chi connectivity index (χ1) is 6.77. The van der Waals surface area contributed by atoms with Crippen LogP contribution in [0, 0.1) is 17.8 Å². The molecule has 1 heteroatoms. The van der Waals surface area contributed by atoms with Gasteiger partial charge in [0.25, 0.3) is 0 Å². The van der Waals surface area contributed by atoms with Gasteiger partial charge in [0.1, 0.15) is 0 Å². The van der Waals surface area contributed by atoms with Gasteiger partial charge < -0.3 is 5.32 Å². The maximum atomic E-state index is 3.67. The number of rotatable bonds is 2. The predicted octanol–water partition coefficient (Wildman–Crippen LogP) is 3.20. The van der Waals surface area contributed by atoms with Gasteiger partial charge in [-0.1, -0.05) is 13.8 Å². The first-order valence-corrected chi connectivity index (χ1v) is 6.50. The third-order valence-corrected chi connectivity index (χ3v) is 4.43. The van der Waals surface area contributed by atoms with Gasteiger partial charge in [-0.2, -0.15) is 0 Å². The molecule has 1 unspecified atom stereocenters. The maximum absolute atomic E-state index is 3.67. The van der Waals surface area contributed by atoms with Crippen molar-refractivity contribution in [3.8, 4) is 0 Å². The summed E-state index contributed by atoms with van der Waals surface area (Å²) < 4.78 is 0. The highest BCUT2D eigenvalue weighted by Crippen LogP contribution is 2.36. The molecule has 1 heterocycles. The van der Waals surface area contributed by atoms with E-state index >= 15 is 0 Å². The number of nitrogens with one attached hydrogen (secondary N) is 1. The molecule has 1 aliphatic heterocycles. The molecule has 2 rings (SSSR count). The minimum atomic E-state index is 0.878. The van der Waals surface area contributed by atoms with Crippen LogP contribution in [0.2, 0.25) is 0 Å². The fourth-order valence-electron chi connectivity index (χ4n) is 3.33. The van der Waals surface area contributed by atoms with Crippen LogP contribution in [0.25, 0.3) is 0 Å². The fourth-order valence-corrected chi connectivity index (χ4v) is 3.33. The third-order valence-electron chi connectivity index (χ3n) is 4.43. The molecule has 0 aromatic carbocycles. The minimum Gasteiger partial charge on any atom is -0.314 e. The van der Waals surface area contributed by atoms with Crippen molar-refractivity contribution in [2.75, 3.05) is 6.54 Å². The van der Waals surface area contributed by atoms with E-state index in [1.54, 1.807) is 0 Å². The second-order valence-corrected chi connectivity index (χ2v) is 5.62. The Morgan fingerprint density at radius 2 is 1.71 bits per heavy atom. The van der Waals surface area contributed by atoms with Crippen LogP contribution in [0.1, 0.15) is 52.4 Å². The van der Waals surface area contributed by atoms with Gasteiger partial charge in [-0.15, -0.1) is 0 Å². The summed E-state index contributed by atoms with van der Waals surface area (Å²) >= 11 is 0. The van der Waals surface area contributed by atoms with Crippen molar-refractivity contribution in [1.29, 1.82) is 0 Å².